The molecule has 1 aromatic carbocycles. The molecule has 1 aliphatic heterocycles. The first-order chi connectivity index (χ1) is 12.5. The Balaban J connectivity index is 1.40. The Bertz CT molecular complexity index is 750. The Kier molecular flexibility index (Phi) is 6.40. The van der Waals surface area contributed by atoms with E-state index in [4.69, 9.17) is 39.4 Å². The monoisotopic (exact) mass is 395 g/mol. The Hall–Kier alpha value is -1.76. The van der Waals surface area contributed by atoms with Crippen LogP contribution in [0.1, 0.15) is 24.8 Å². The molecule has 0 spiro atoms. The van der Waals surface area contributed by atoms with Gasteiger partial charge in [-0.3, -0.25) is 0 Å². The molecule has 0 bridgehead atoms. The summed E-state index contributed by atoms with van der Waals surface area (Å²) >= 11 is 12.0. The zero-order chi connectivity index (χ0) is 18.5. The number of aryl methyl sites for hydroxylation is 1. The molecule has 0 amide bonds. The fourth-order valence-corrected chi connectivity index (χ4v) is 3.40. The molecule has 6 nitrogen and oxygen atoms in total. The minimum atomic E-state index is 0.213. The summed E-state index contributed by atoms with van der Waals surface area (Å²) in [5.41, 5.74) is 12.3. The van der Waals surface area contributed by atoms with Crippen LogP contribution in [0.2, 0.25) is 10.0 Å². The van der Waals surface area contributed by atoms with Crippen molar-refractivity contribution < 1.29 is 4.74 Å². The molecule has 0 radical (unpaired) electrons. The van der Waals surface area contributed by atoms with Crippen molar-refractivity contribution in [3.05, 3.63) is 40.0 Å². The highest BCUT2D eigenvalue weighted by molar-refractivity contribution is 6.42. The van der Waals surface area contributed by atoms with Crippen LogP contribution < -0.4 is 16.2 Å². The first-order valence-electron chi connectivity index (χ1n) is 8.72. The number of anilines is 2. The van der Waals surface area contributed by atoms with E-state index in [0.29, 0.717) is 15.9 Å². The fraction of sp³-hybridized carbons (Fsp3) is 0.444. The van der Waals surface area contributed by atoms with E-state index >= 15 is 0 Å². The van der Waals surface area contributed by atoms with E-state index < -0.39 is 0 Å². The summed E-state index contributed by atoms with van der Waals surface area (Å²) < 4.78 is 6.03. The number of nitrogen functional groups attached to an aromatic ring is 2. The van der Waals surface area contributed by atoms with E-state index in [0.717, 1.165) is 56.6 Å². The van der Waals surface area contributed by atoms with Gasteiger partial charge in [0, 0.05) is 30.9 Å². The van der Waals surface area contributed by atoms with Crippen LogP contribution in [-0.2, 0) is 6.42 Å². The van der Waals surface area contributed by atoms with Crippen molar-refractivity contribution in [2.24, 2.45) is 0 Å². The molecule has 26 heavy (non-hydrogen) atoms. The smallest absolute Gasteiger partial charge is 0.221 e. The van der Waals surface area contributed by atoms with Gasteiger partial charge in [0.1, 0.15) is 17.7 Å². The van der Waals surface area contributed by atoms with Crippen molar-refractivity contribution in [1.82, 2.24) is 14.9 Å². The number of rotatable bonds is 6. The number of hydrogen-bond donors (Lipinski definition) is 2. The Morgan fingerprint density at radius 2 is 1.92 bits per heavy atom. The standard InChI is InChI=1S/C18H23Cl2N5O/c19-15-4-3-14(10-16(15)20)26-13-5-8-25(9-6-13)7-1-2-12-11-23-18(22)24-17(12)21/h3-4,10-11,13H,1-2,5-9H2,(H4,21,22,23,24). The van der Waals surface area contributed by atoms with Gasteiger partial charge in [0.25, 0.3) is 0 Å². The van der Waals surface area contributed by atoms with Crippen LogP contribution in [0.4, 0.5) is 11.8 Å². The maximum atomic E-state index is 6.04. The second-order valence-electron chi connectivity index (χ2n) is 6.48. The minimum Gasteiger partial charge on any atom is -0.490 e. The molecule has 0 atom stereocenters. The van der Waals surface area contributed by atoms with Gasteiger partial charge in [-0.05, 0) is 44.4 Å². The summed E-state index contributed by atoms with van der Waals surface area (Å²) in [6.07, 6.45) is 5.78. The Morgan fingerprint density at radius 1 is 1.15 bits per heavy atom. The normalized spacial score (nSPS) is 15.9. The number of aromatic nitrogens is 2. The highest BCUT2D eigenvalue weighted by Gasteiger charge is 2.20. The van der Waals surface area contributed by atoms with Crippen molar-refractivity contribution in [3.63, 3.8) is 0 Å². The molecule has 1 aliphatic rings. The van der Waals surface area contributed by atoms with Crippen LogP contribution in [0, 0.1) is 0 Å². The first kappa shape index (κ1) is 19.0. The molecule has 0 unspecified atom stereocenters. The molecule has 0 aliphatic carbocycles. The maximum Gasteiger partial charge on any atom is 0.221 e. The fourth-order valence-electron chi connectivity index (χ4n) is 3.11. The van der Waals surface area contributed by atoms with Gasteiger partial charge in [-0.25, -0.2) is 4.98 Å². The van der Waals surface area contributed by atoms with Gasteiger partial charge in [-0.15, -0.1) is 0 Å². The number of ether oxygens (including phenoxy) is 1. The minimum absolute atomic E-state index is 0.213. The maximum absolute atomic E-state index is 6.04. The Morgan fingerprint density at radius 3 is 2.62 bits per heavy atom. The second-order valence-corrected chi connectivity index (χ2v) is 7.29. The number of likely N-dealkylation sites (tertiary alicyclic amines) is 1. The number of benzene rings is 1. The largest absolute Gasteiger partial charge is 0.490 e. The van der Waals surface area contributed by atoms with E-state index in [1.165, 1.54) is 0 Å². The van der Waals surface area contributed by atoms with Gasteiger partial charge in [0.05, 0.1) is 10.0 Å². The molecule has 2 heterocycles. The van der Waals surface area contributed by atoms with Gasteiger partial charge in [0.2, 0.25) is 5.95 Å². The van der Waals surface area contributed by atoms with E-state index in [1.54, 1.807) is 18.3 Å². The topological polar surface area (TPSA) is 90.3 Å². The van der Waals surface area contributed by atoms with Crippen LogP contribution in [0.3, 0.4) is 0 Å². The molecule has 1 saturated heterocycles. The van der Waals surface area contributed by atoms with Crippen LogP contribution in [-0.4, -0.2) is 40.6 Å². The number of halogens is 2. The molecule has 3 rings (SSSR count). The number of nitrogens with two attached hydrogens (primary N) is 2. The molecule has 2 aromatic rings. The van der Waals surface area contributed by atoms with Crippen LogP contribution in [0.25, 0.3) is 0 Å². The quantitative estimate of drug-likeness (QED) is 0.778. The molecule has 8 heteroatoms. The van der Waals surface area contributed by atoms with Crippen molar-refractivity contribution >= 4 is 35.0 Å². The SMILES string of the molecule is Nc1ncc(CCCN2CCC(Oc3ccc(Cl)c(Cl)c3)CC2)c(N)n1. The average Bonchev–Trinajstić information content (AvgIpc) is 2.61. The Labute approximate surface area is 163 Å². The molecule has 1 aromatic heterocycles. The lowest BCUT2D eigenvalue weighted by molar-refractivity contribution is 0.1000. The molecular weight excluding hydrogens is 373 g/mol. The zero-order valence-electron chi connectivity index (χ0n) is 14.5. The lowest BCUT2D eigenvalue weighted by Gasteiger charge is -2.32. The summed E-state index contributed by atoms with van der Waals surface area (Å²) in [5.74, 6) is 1.47. The highest BCUT2D eigenvalue weighted by Crippen LogP contribution is 2.28. The summed E-state index contributed by atoms with van der Waals surface area (Å²) in [6, 6.07) is 5.40. The third-order valence-corrected chi connectivity index (χ3v) is 5.30. The number of nitrogens with zero attached hydrogens (tertiary/aromatic N) is 3. The van der Waals surface area contributed by atoms with E-state index in [2.05, 4.69) is 14.9 Å². The van der Waals surface area contributed by atoms with Crippen LogP contribution in [0.5, 0.6) is 5.75 Å². The average molecular weight is 396 g/mol. The molecule has 4 N–H and O–H groups in total. The van der Waals surface area contributed by atoms with E-state index in [-0.39, 0.29) is 12.1 Å². The van der Waals surface area contributed by atoms with Gasteiger partial charge >= 0.3 is 0 Å². The predicted octanol–water partition coefficient (Wildman–Crippen LogP) is 3.42. The zero-order valence-corrected chi connectivity index (χ0v) is 16.0. The third-order valence-electron chi connectivity index (χ3n) is 4.57. The summed E-state index contributed by atoms with van der Waals surface area (Å²) in [5, 5.41) is 1.06. The first-order valence-corrected chi connectivity index (χ1v) is 9.48. The van der Waals surface area contributed by atoms with Gasteiger partial charge in [0.15, 0.2) is 0 Å². The summed E-state index contributed by atoms with van der Waals surface area (Å²) in [6.45, 7) is 3.04. The second kappa shape index (κ2) is 8.75. The van der Waals surface area contributed by atoms with Crippen LogP contribution in [0.15, 0.2) is 24.4 Å². The molecular formula is C18H23Cl2N5O. The predicted molar refractivity (Wildman–Crippen MR) is 106 cm³/mol. The van der Waals surface area contributed by atoms with Crippen molar-refractivity contribution in [1.29, 1.82) is 0 Å². The van der Waals surface area contributed by atoms with E-state index in [9.17, 15) is 0 Å². The lowest BCUT2D eigenvalue weighted by Crippen LogP contribution is -2.38. The van der Waals surface area contributed by atoms with Gasteiger partial charge in [-0.2, -0.15) is 4.98 Å². The molecule has 0 saturated carbocycles. The molecule has 1 fully saturated rings. The summed E-state index contributed by atoms with van der Waals surface area (Å²) in [4.78, 5) is 10.5. The molecule has 140 valence electrons. The lowest BCUT2D eigenvalue weighted by atomic mass is 10.1. The van der Waals surface area contributed by atoms with Crippen molar-refractivity contribution in [2.75, 3.05) is 31.1 Å². The van der Waals surface area contributed by atoms with Crippen molar-refractivity contribution in [2.45, 2.75) is 31.8 Å². The third kappa shape index (κ3) is 5.13. The summed E-state index contributed by atoms with van der Waals surface area (Å²) in [7, 11) is 0. The van der Waals surface area contributed by atoms with Gasteiger partial charge < -0.3 is 21.1 Å². The number of hydrogen-bond acceptors (Lipinski definition) is 6. The number of piperidine rings is 1. The van der Waals surface area contributed by atoms with Crippen LogP contribution >= 0.6 is 23.2 Å². The van der Waals surface area contributed by atoms with Crippen molar-refractivity contribution in [3.8, 4) is 5.75 Å². The highest BCUT2D eigenvalue weighted by atomic mass is 35.5. The van der Waals surface area contributed by atoms with E-state index in [1.807, 2.05) is 6.07 Å². The van der Waals surface area contributed by atoms with Gasteiger partial charge in [-0.1, -0.05) is 23.2 Å².